The molecular formula is C24H19N5O. The Hall–Kier alpha value is -4.32. The first-order valence-electron chi connectivity index (χ1n) is 9.58. The molecule has 0 aliphatic carbocycles. The van der Waals surface area contributed by atoms with Gasteiger partial charge in [0.2, 0.25) is 0 Å². The highest BCUT2D eigenvalue weighted by Gasteiger charge is 2.28. The van der Waals surface area contributed by atoms with Crippen LogP contribution in [0.25, 0.3) is 22.5 Å². The van der Waals surface area contributed by atoms with E-state index in [0.29, 0.717) is 11.5 Å². The third-order valence-corrected chi connectivity index (χ3v) is 5.03. The van der Waals surface area contributed by atoms with Gasteiger partial charge in [0.05, 0.1) is 17.0 Å². The summed E-state index contributed by atoms with van der Waals surface area (Å²) in [6, 6.07) is 25.4. The number of carbonyl (C=O) groups is 1. The van der Waals surface area contributed by atoms with Crippen LogP contribution in [0.4, 0.5) is 17.3 Å². The smallest absolute Gasteiger partial charge is 0.258 e. The maximum absolute atomic E-state index is 12.8. The molecule has 4 aromatic rings. The molecule has 6 nitrogen and oxygen atoms in total. The Kier molecular flexibility index (Phi) is 4.29. The number of rotatable bonds is 4. The van der Waals surface area contributed by atoms with Gasteiger partial charge in [0.1, 0.15) is 0 Å². The highest BCUT2D eigenvalue weighted by Crippen LogP contribution is 2.37. The molecule has 1 aromatic heterocycles. The maximum Gasteiger partial charge on any atom is 0.258 e. The van der Waals surface area contributed by atoms with E-state index in [2.05, 4.69) is 20.6 Å². The van der Waals surface area contributed by atoms with E-state index >= 15 is 0 Å². The molecule has 6 heteroatoms. The number of H-pyrrole nitrogens is 1. The average Bonchev–Trinajstić information content (AvgIpc) is 3.35. The summed E-state index contributed by atoms with van der Waals surface area (Å²) < 4.78 is 0. The van der Waals surface area contributed by atoms with Crippen molar-refractivity contribution >= 4 is 34.5 Å². The lowest BCUT2D eigenvalue weighted by molar-refractivity contribution is -0.110. The number of anilines is 3. The van der Waals surface area contributed by atoms with Gasteiger partial charge >= 0.3 is 0 Å². The molecule has 5 N–H and O–H groups in total. The number of nitrogen functional groups attached to an aromatic ring is 1. The van der Waals surface area contributed by atoms with E-state index < -0.39 is 0 Å². The third-order valence-electron chi connectivity index (χ3n) is 5.03. The molecule has 0 spiro atoms. The van der Waals surface area contributed by atoms with Crippen LogP contribution in [0.15, 0.2) is 85.1 Å². The zero-order chi connectivity index (χ0) is 20.5. The van der Waals surface area contributed by atoms with E-state index in [0.717, 1.165) is 39.5 Å². The first kappa shape index (κ1) is 17.8. The fourth-order valence-electron chi connectivity index (χ4n) is 3.60. The second kappa shape index (κ2) is 7.25. The lowest BCUT2D eigenvalue weighted by Gasteiger charge is -2.15. The van der Waals surface area contributed by atoms with Crippen LogP contribution < -0.4 is 16.4 Å². The second-order valence-corrected chi connectivity index (χ2v) is 6.99. The van der Waals surface area contributed by atoms with E-state index in [-0.39, 0.29) is 5.91 Å². The van der Waals surface area contributed by atoms with Gasteiger partial charge in [0, 0.05) is 28.7 Å². The molecule has 0 bridgehead atoms. The van der Waals surface area contributed by atoms with E-state index in [9.17, 15) is 4.79 Å². The molecular weight excluding hydrogens is 374 g/mol. The first-order chi connectivity index (χ1) is 14.7. The van der Waals surface area contributed by atoms with Crippen LogP contribution in [0.5, 0.6) is 0 Å². The number of aromatic nitrogens is 2. The Bertz CT molecular complexity index is 1260. The van der Waals surface area contributed by atoms with Crippen molar-refractivity contribution < 1.29 is 4.79 Å². The van der Waals surface area contributed by atoms with Crippen LogP contribution in [0.1, 0.15) is 11.1 Å². The maximum atomic E-state index is 12.8. The highest BCUT2D eigenvalue weighted by atomic mass is 16.2. The molecule has 1 amide bonds. The van der Waals surface area contributed by atoms with E-state index in [1.165, 1.54) is 0 Å². The number of hydrogen-bond acceptors (Lipinski definition) is 4. The van der Waals surface area contributed by atoms with Crippen molar-refractivity contribution in [3.63, 3.8) is 0 Å². The normalized spacial score (nSPS) is 14.2. The minimum Gasteiger partial charge on any atom is -0.369 e. The fourth-order valence-corrected chi connectivity index (χ4v) is 3.60. The topological polar surface area (TPSA) is 95.8 Å². The van der Waals surface area contributed by atoms with Gasteiger partial charge in [0.25, 0.3) is 5.91 Å². The van der Waals surface area contributed by atoms with Crippen molar-refractivity contribution in [2.45, 2.75) is 0 Å². The largest absolute Gasteiger partial charge is 0.369 e. The number of hydrogen-bond donors (Lipinski definition) is 4. The lowest BCUT2D eigenvalue weighted by atomic mass is 10.00. The van der Waals surface area contributed by atoms with E-state index in [1.54, 1.807) is 6.20 Å². The molecule has 0 radical (unpaired) electrons. The van der Waals surface area contributed by atoms with Crippen LogP contribution in [-0.4, -0.2) is 15.9 Å². The van der Waals surface area contributed by atoms with Gasteiger partial charge in [-0.25, -0.2) is 4.98 Å². The third kappa shape index (κ3) is 3.20. The number of nitrogens with zero attached hydrogens (tertiary/aromatic N) is 1. The molecule has 30 heavy (non-hydrogen) atoms. The quantitative estimate of drug-likeness (QED) is 0.381. The van der Waals surface area contributed by atoms with Crippen LogP contribution >= 0.6 is 0 Å². The molecule has 1 aliphatic heterocycles. The van der Waals surface area contributed by atoms with Crippen molar-refractivity contribution in [1.82, 2.24) is 9.97 Å². The van der Waals surface area contributed by atoms with E-state index in [4.69, 9.17) is 5.73 Å². The number of nitrogens with two attached hydrogens (primary N) is 1. The molecule has 0 fully saturated rings. The average molecular weight is 393 g/mol. The number of imidazole rings is 1. The number of aromatic amines is 1. The second-order valence-electron chi connectivity index (χ2n) is 6.99. The highest BCUT2D eigenvalue weighted by molar-refractivity contribution is 6.37. The molecule has 0 saturated carbocycles. The number of amides is 1. The Labute approximate surface area is 173 Å². The molecule has 5 rings (SSSR count). The first-order valence-corrected chi connectivity index (χ1v) is 9.58. The summed E-state index contributed by atoms with van der Waals surface area (Å²) in [5.41, 5.74) is 12.3. The van der Waals surface area contributed by atoms with E-state index in [1.807, 2.05) is 78.9 Å². The predicted octanol–water partition coefficient (Wildman–Crippen LogP) is 4.59. The summed E-state index contributed by atoms with van der Waals surface area (Å²) in [5, 5.41) is 6.41. The van der Waals surface area contributed by atoms with Crippen LogP contribution in [0.2, 0.25) is 0 Å². The van der Waals surface area contributed by atoms with Crippen molar-refractivity contribution in [1.29, 1.82) is 0 Å². The van der Waals surface area contributed by atoms with Crippen molar-refractivity contribution in [2.24, 2.45) is 0 Å². The summed E-state index contributed by atoms with van der Waals surface area (Å²) in [7, 11) is 0. The molecule has 0 unspecified atom stereocenters. The minimum absolute atomic E-state index is 0.119. The summed E-state index contributed by atoms with van der Waals surface area (Å²) in [6.45, 7) is 0. The Morgan fingerprint density at radius 3 is 2.37 bits per heavy atom. The number of nitrogens with one attached hydrogen (secondary N) is 3. The number of fused-ring (bicyclic) bond motifs is 1. The Balaban J connectivity index is 1.57. The summed E-state index contributed by atoms with van der Waals surface area (Å²) in [4.78, 5) is 20.0. The molecule has 0 saturated heterocycles. The molecule has 0 atom stereocenters. The Morgan fingerprint density at radius 1 is 0.900 bits per heavy atom. The predicted molar refractivity (Wildman–Crippen MR) is 120 cm³/mol. The van der Waals surface area contributed by atoms with Crippen LogP contribution in [-0.2, 0) is 4.79 Å². The van der Waals surface area contributed by atoms with Gasteiger partial charge in [-0.15, -0.1) is 0 Å². The molecule has 3 aromatic carbocycles. The molecule has 146 valence electrons. The SMILES string of the molecule is Nc1nc(-c2ccc(N/C(=C3\C(=O)Nc4ccccc43)c3ccccc3)cc2)c[nH]1. The monoisotopic (exact) mass is 393 g/mol. The van der Waals surface area contributed by atoms with Crippen molar-refractivity contribution in [3.05, 3.63) is 96.2 Å². The molecule has 2 heterocycles. The van der Waals surface area contributed by atoms with Gasteiger partial charge in [-0.1, -0.05) is 60.7 Å². The van der Waals surface area contributed by atoms with Crippen LogP contribution in [0, 0.1) is 0 Å². The van der Waals surface area contributed by atoms with Crippen molar-refractivity contribution in [3.8, 4) is 11.3 Å². The standard InChI is InChI=1S/C24H19N5O/c25-24-26-14-20(29-24)15-10-12-17(13-11-15)27-22(16-6-2-1-3-7-16)21-18-8-4-5-9-19(18)28-23(21)30/h1-14,27H,(H,28,30)(H3,25,26,29)/b22-21-. The Morgan fingerprint density at radius 2 is 1.63 bits per heavy atom. The van der Waals surface area contributed by atoms with Gasteiger partial charge < -0.3 is 21.4 Å². The summed E-state index contributed by atoms with van der Waals surface area (Å²) in [6.07, 6.45) is 1.77. The summed E-state index contributed by atoms with van der Waals surface area (Å²) >= 11 is 0. The number of carbonyl (C=O) groups excluding carboxylic acids is 1. The van der Waals surface area contributed by atoms with Gasteiger partial charge in [0.15, 0.2) is 5.95 Å². The number of para-hydroxylation sites is 1. The van der Waals surface area contributed by atoms with Gasteiger partial charge in [-0.2, -0.15) is 0 Å². The lowest BCUT2D eigenvalue weighted by Crippen LogP contribution is -2.10. The van der Waals surface area contributed by atoms with Gasteiger partial charge in [-0.05, 0) is 23.8 Å². The number of benzene rings is 3. The molecule has 1 aliphatic rings. The van der Waals surface area contributed by atoms with Crippen molar-refractivity contribution in [2.75, 3.05) is 16.4 Å². The minimum atomic E-state index is -0.119. The summed E-state index contributed by atoms with van der Waals surface area (Å²) in [5.74, 6) is 0.264. The van der Waals surface area contributed by atoms with Gasteiger partial charge in [-0.3, -0.25) is 4.79 Å². The fraction of sp³-hybridized carbons (Fsp3) is 0. The zero-order valence-electron chi connectivity index (χ0n) is 16.0. The zero-order valence-corrected chi connectivity index (χ0v) is 16.0. The van der Waals surface area contributed by atoms with Crippen LogP contribution in [0.3, 0.4) is 0 Å².